The molecule has 3 aromatic rings. The van der Waals surface area contributed by atoms with Crippen LogP contribution in [0.25, 0.3) is 10.9 Å². The van der Waals surface area contributed by atoms with Crippen LogP contribution >= 0.6 is 27.9 Å². The van der Waals surface area contributed by atoms with Crippen molar-refractivity contribution in [2.45, 2.75) is 52.4 Å². The minimum atomic E-state index is -1.92. The second kappa shape index (κ2) is 10.7. The molecule has 3 rings (SSSR count). The predicted octanol–water partition coefficient (Wildman–Crippen LogP) is 8.35. The topological polar surface area (TPSA) is 45.5 Å². The van der Waals surface area contributed by atoms with Crippen molar-refractivity contribution in [1.82, 2.24) is 4.98 Å². The van der Waals surface area contributed by atoms with Gasteiger partial charge in [-0.2, -0.15) is 0 Å². The van der Waals surface area contributed by atoms with Crippen molar-refractivity contribution in [2.24, 2.45) is 4.99 Å². The third-order valence-electron chi connectivity index (χ3n) is 4.77. The number of aromatic hydroxyl groups is 1. The van der Waals surface area contributed by atoms with Crippen molar-refractivity contribution >= 4 is 50.7 Å². The summed E-state index contributed by atoms with van der Waals surface area (Å²) in [5.41, 5.74) is 4.34. The Bertz CT molecular complexity index is 1060. The average molecular weight is 515 g/mol. The quantitative estimate of drug-likeness (QED) is 0.276. The van der Waals surface area contributed by atoms with Crippen LogP contribution < -0.4 is 0 Å². The van der Waals surface area contributed by atoms with E-state index in [4.69, 9.17) is 27.9 Å². The van der Waals surface area contributed by atoms with Gasteiger partial charge in [-0.25, -0.2) is 0 Å². The first-order valence-corrected chi connectivity index (χ1v) is 16.3. The van der Waals surface area contributed by atoms with Gasteiger partial charge in [0.25, 0.3) is 0 Å². The minimum absolute atomic E-state index is 0.0166. The third kappa shape index (κ3) is 7.48. The molecule has 1 aromatic heterocycles. The van der Waals surface area contributed by atoms with Gasteiger partial charge in [0.05, 0.1) is 11.2 Å². The van der Waals surface area contributed by atoms with Crippen LogP contribution in [0, 0.1) is 0 Å². The fraction of sp³-hybridized carbons (Fsp3) is 0.333. The molecule has 3 nitrogen and oxygen atoms in total. The van der Waals surface area contributed by atoms with Gasteiger partial charge in [0.15, 0.2) is 0 Å². The summed E-state index contributed by atoms with van der Waals surface area (Å²) >= 11 is -1.92. The number of halogens is 3. The van der Waals surface area contributed by atoms with Gasteiger partial charge in [-0.15, -0.1) is 0 Å². The first-order chi connectivity index (χ1) is 14.3. The number of para-hydroxylation sites is 1. The molecule has 0 bridgehead atoms. The van der Waals surface area contributed by atoms with Crippen LogP contribution in [0.15, 0.2) is 53.7 Å². The van der Waals surface area contributed by atoms with Gasteiger partial charge in [-0.1, -0.05) is 65.8 Å². The third-order valence-corrected chi connectivity index (χ3v) is 4.77. The molecule has 165 valence electrons. The number of hydrogen-bond acceptors (Lipinski definition) is 3. The van der Waals surface area contributed by atoms with E-state index in [0.717, 1.165) is 27.7 Å². The number of aliphatic imine (C=N–C) groups is 1. The molecule has 0 radical (unpaired) electrons. The first-order valence-electron chi connectivity index (χ1n) is 9.90. The molecule has 0 fully saturated rings. The number of phenolic OH excluding ortho intramolecular Hbond substituents is 1. The second-order valence-electron chi connectivity index (χ2n) is 9.29. The fourth-order valence-electron chi connectivity index (χ4n) is 3.09. The maximum atomic E-state index is 10.9. The van der Waals surface area contributed by atoms with E-state index in [1.54, 1.807) is 12.4 Å². The molecule has 2 aromatic carbocycles. The van der Waals surface area contributed by atoms with Crippen molar-refractivity contribution in [3.63, 3.8) is 0 Å². The molecular formula is C24H28Cl3N2OTi. The molecule has 0 aliphatic heterocycles. The molecule has 31 heavy (non-hydrogen) atoms. The van der Waals surface area contributed by atoms with Gasteiger partial charge in [0.1, 0.15) is 5.75 Å². The van der Waals surface area contributed by atoms with Crippen molar-refractivity contribution < 1.29 is 19.8 Å². The van der Waals surface area contributed by atoms with Gasteiger partial charge in [0.2, 0.25) is 0 Å². The Kier molecular flexibility index (Phi) is 9.01. The van der Waals surface area contributed by atoms with Gasteiger partial charge in [-0.05, 0) is 34.6 Å². The zero-order valence-electron chi connectivity index (χ0n) is 18.7. The number of nitrogens with zero attached hydrogens (tertiary/aromatic N) is 2. The van der Waals surface area contributed by atoms with Gasteiger partial charge < -0.3 is 5.11 Å². The number of hydrogen-bond donors (Lipinski definition) is 1. The van der Waals surface area contributed by atoms with Crippen LogP contribution in [0.4, 0.5) is 5.69 Å². The van der Waals surface area contributed by atoms with E-state index in [1.165, 1.54) is 5.56 Å². The van der Waals surface area contributed by atoms with Gasteiger partial charge in [0, 0.05) is 28.9 Å². The number of rotatable bonds is 2. The van der Waals surface area contributed by atoms with Crippen LogP contribution in [0.5, 0.6) is 5.75 Å². The van der Waals surface area contributed by atoms with E-state index in [2.05, 4.69) is 57.6 Å². The van der Waals surface area contributed by atoms with Crippen LogP contribution in [0.2, 0.25) is 0 Å². The number of fused-ring (bicyclic) bond motifs is 1. The number of benzene rings is 2. The monoisotopic (exact) mass is 513 g/mol. The van der Waals surface area contributed by atoms with E-state index >= 15 is 0 Å². The zero-order valence-corrected chi connectivity index (χ0v) is 22.5. The van der Waals surface area contributed by atoms with Gasteiger partial charge >= 0.3 is 42.6 Å². The summed E-state index contributed by atoms with van der Waals surface area (Å²) in [5, 5.41) is 12.0. The Hall–Kier alpha value is -1.10. The van der Waals surface area contributed by atoms with E-state index in [0.29, 0.717) is 5.75 Å². The number of phenols is 1. The zero-order chi connectivity index (χ0) is 23.4. The maximum absolute atomic E-state index is 10.9. The molecule has 0 spiro atoms. The summed E-state index contributed by atoms with van der Waals surface area (Å²) < 4.78 is 0. The van der Waals surface area contributed by atoms with Crippen LogP contribution in [0.3, 0.4) is 0 Å². The number of aromatic nitrogens is 1. The molecule has 7 heteroatoms. The van der Waals surface area contributed by atoms with Crippen LogP contribution in [-0.4, -0.2) is 16.3 Å². The summed E-state index contributed by atoms with van der Waals surface area (Å²) in [7, 11) is 14.9. The van der Waals surface area contributed by atoms with Crippen LogP contribution in [-0.2, 0) is 25.5 Å². The van der Waals surface area contributed by atoms with Crippen molar-refractivity contribution in [2.75, 3.05) is 0 Å². The molecule has 1 N–H and O–H groups in total. The molecule has 0 saturated heterocycles. The molecule has 0 aliphatic carbocycles. The van der Waals surface area contributed by atoms with E-state index < -0.39 is 14.7 Å². The second-order valence-corrected chi connectivity index (χ2v) is 17.0. The summed E-state index contributed by atoms with van der Waals surface area (Å²) in [4.78, 5) is 9.12. The predicted molar refractivity (Wildman–Crippen MR) is 132 cm³/mol. The standard InChI is InChI=1S/C24H28N2O.3ClH.Ti/c1-23(2,3)18-13-17(22(27)19(14-18)24(4,5)6)15-26-20-11-7-9-16-10-8-12-25-21(16)20;;;;/h7-15,27H,1-6H3;3*1H;/q;;;;+3/p-3. The fourth-order valence-corrected chi connectivity index (χ4v) is 3.09. The molecule has 0 aliphatic rings. The molecule has 0 amide bonds. The Morgan fingerprint density at radius 3 is 2.13 bits per heavy atom. The Labute approximate surface area is 202 Å². The van der Waals surface area contributed by atoms with E-state index in [1.807, 2.05) is 36.4 Å². The van der Waals surface area contributed by atoms with E-state index in [-0.39, 0.29) is 10.8 Å². The summed E-state index contributed by atoms with van der Waals surface area (Å²) in [6.45, 7) is 12.9. The molecule has 0 atom stereocenters. The van der Waals surface area contributed by atoms with Crippen LogP contribution in [0.1, 0.15) is 58.2 Å². The molecule has 1 heterocycles. The van der Waals surface area contributed by atoms with Crippen molar-refractivity contribution in [3.05, 3.63) is 65.4 Å². The SMILES string of the molecule is CC(C)(C)c1cc(C=Nc2cccc3cccnc23)c(O)c(C(C)(C)C)c1.[Cl][Ti]([Cl])[Cl]. The summed E-state index contributed by atoms with van der Waals surface area (Å²) in [6, 6.07) is 14.0. The Balaban J connectivity index is 0.000000785. The molecule has 0 saturated carbocycles. The summed E-state index contributed by atoms with van der Waals surface area (Å²) in [5.74, 6) is 0.299. The molecular weight excluding hydrogens is 487 g/mol. The number of pyridine rings is 1. The normalized spacial score (nSPS) is 12.0. The molecule has 0 unspecified atom stereocenters. The Morgan fingerprint density at radius 1 is 0.935 bits per heavy atom. The Morgan fingerprint density at radius 2 is 1.55 bits per heavy atom. The van der Waals surface area contributed by atoms with Crippen molar-refractivity contribution in [3.8, 4) is 5.75 Å². The van der Waals surface area contributed by atoms with Crippen molar-refractivity contribution in [1.29, 1.82) is 0 Å². The van der Waals surface area contributed by atoms with Gasteiger partial charge in [-0.3, -0.25) is 9.98 Å². The first kappa shape index (κ1) is 26.2. The van der Waals surface area contributed by atoms with E-state index in [9.17, 15) is 5.11 Å². The average Bonchev–Trinajstić information content (AvgIpc) is 2.65. The summed E-state index contributed by atoms with van der Waals surface area (Å²) in [6.07, 6.45) is 3.53.